The highest BCUT2D eigenvalue weighted by Crippen LogP contribution is 2.27. The first kappa shape index (κ1) is 12.3. The van der Waals surface area contributed by atoms with Crippen molar-refractivity contribution < 1.29 is 9.53 Å². The fraction of sp³-hybridized carbons (Fsp3) is 0.533. The van der Waals surface area contributed by atoms with Crippen molar-refractivity contribution in [3.8, 4) is 5.75 Å². The lowest BCUT2D eigenvalue weighted by atomic mass is 10.1. The number of anilines is 1. The van der Waals surface area contributed by atoms with Crippen molar-refractivity contribution in [3.05, 3.63) is 23.8 Å². The van der Waals surface area contributed by atoms with Gasteiger partial charge in [-0.15, -0.1) is 0 Å². The second kappa shape index (κ2) is 5.51. The van der Waals surface area contributed by atoms with Gasteiger partial charge in [0.2, 0.25) is 0 Å². The minimum absolute atomic E-state index is 0.0939. The number of nitrogens with one attached hydrogen (secondary N) is 2. The molecule has 1 heterocycles. The average molecular weight is 260 g/mol. The molecule has 0 spiro atoms. The lowest BCUT2D eigenvalue weighted by Gasteiger charge is -2.18. The van der Waals surface area contributed by atoms with Crippen molar-refractivity contribution in [2.45, 2.75) is 44.6 Å². The number of aryl methyl sites for hydroxylation is 1. The molecule has 2 aliphatic rings. The van der Waals surface area contributed by atoms with Gasteiger partial charge in [-0.1, -0.05) is 12.8 Å². The Morgan fingerprint density at radius 3 is 2.89 bits per heavy atom. The lowest BCUT2D eigenvalue weighted by molar-refractivity contribution is 0.248. The van der Waals surface area contributed by atoms with Crippen molar-refractivity contribution in [3.63, 3.8) is 0 Å². The molecule has 19 heavy (non-hydrogen) atoms. The summed E-state index contributed by atoms with van der Waals surface area (Å²) in [6.45, 7) is 0.794. The van der Waals surface area contributed by atoms with Crippen molar-refractivity contribution in [1.82, 2.24) is 5.32 Å². The zero-order chi connectivity index (χ0) is 13.1. The summed E-state index contributed by atoms with van der Waals surface area (Å²) in [5, 5.41) is 5.94. The molecule has 0 aromatic heterocycles. The van der Waals surface area contributed by atoms with E-state index in [9.17, 15) is 4.79 Å². The number of hydrogen-bond donors (Lipinski definition) is 2. The molecule has 0 radical (unpaired) electrons. The molecule has 4 heteroatoms. The maximum Gasteiger partial charge on any atom is 0.319 e. The molecule has 1 aliphatic carbocycles. The largest absolute Gasteiger partial charge is 0.493 e. The van der Waals surface area contributed by atoms with Gasteiger partial charge < -0.3 is 15.4 Å². The zero-order valence-electron chi connectivity index (χ0n) is 11.1. The summed E-state index contributed by atoms with van der Waals surface area (Å²) < 4.78 is 5.56. The van der Waals surface area contributed by atoms with E-state index >= 15 is 0 Å². The van der Waals surface area contributed by atoms with Crippen LogP contribution < -0.4 is 15.4 Å². The van der Waals surface area contributed by atoms with Gasteiger partial charge in [-0.3, -0.25) is 0 Å². The zero-order valence-corrected chi connectivity index (χ0v) is 11.1. The van der Waals surface area contributed by atoms with E-state index in [0.29, 0.717) is 6.04 Å². The van der Waals surface area contributed by atoms with Crippen LogP contribution >= 0.6 is 0 Å². The highest BCUT2D eigenvalue weighted by Gasteiger charge is 2.17. The molecule has 2 N–H and O–H groups in total. The first-order chi connectivity index (χ1) is 9.31. The summed E-state index contributed by atoms with van der Waals surface area (Å²) in [7, 11) is 0. The van der Waals surface area contributed by atoms with E-state index in [1.807, 2.05) is 18.2 Å². The Balaban J connectivity index is 1.61. The van der Waals surface area contributed by atoms with Gasteiger partial charge in [-0.25, -0.2) is 4.79 Å². The molecule has 2 amide bonds. The Morgan fingerprint density at radius 2 is 2.05 bits per heavy atom. The Hall–Kier alpha value is -1.71. The molecular weight excluding hydrogens is 240 g/mol. The van der Waals surface area contributed by atoms with E-state index in [0.717, 1.165) is 43.7 Å². The number of hydrogen-bond acceptors (Lipinski definition) is 2. The predicted octanol–water partition coefficient (Wildman–Crippen LogP) is 3.08. The van der Waals surface area contributed by atoms with Crippen LogP contribution in [0.15, 0.2) is 18.2 Å². The standard InChI is InChI=1S/C15H20N2O2/c18-15(16-12-5-1-2-6-12)17-13-7-8-14-11(10-13)4-3-9-19-14/h7-8,10,12H,1-6,9H2,(H2,16,17,18). The molecule has 1 saturated carbocycles. The predicted molar refractivity (Wildman–Crippen MR) is 74.7 cm³/mol. The quantitative estimate of drug-likeness (QED) is 0.858. The molecule has 1 fully saturated rings. The highest BCUT2D eigenvalue weighted by molar-refractivity contribution is 5.89. The van der Waals surface area contributed by atoms with E-state index < -0.39 is 0 Å². The van der Waals surface area contributed by atoms with E-state index in [-0.39, 0.29) is 6.03 Å². The molecule has 1 aromatic rings. The lowest BCUT2D eigenvalue weighted by Crippen LogP contribution is -2.36. The van der Waals surface area contributed by atoms with Crippen LogP contribution in [-0.4, -0.2) is 18.7 Å². The summed E-state index contributed by atoms with van der Waals surface area (Å²) >= 11 is 0. The van der Waals surface area contributed by atoms with E-state index in [1.54, 1.807) is 0 Å². The van der Waals surface area contributed by atoms with Crippen molar-refractivity contribution in [1.29, 1.82) is 0 Å². The number of ether oxygens (including phenoxy) is 1. The monoisotopic (exact) mass is 260 g/mol. The van der Waals surface area contributed by atoms with Crippen LogP contribution in [0.3, 0.4) is 0 Å². The molecule has 3 rings (SSSR count). The van der Waals surface area contributed by atoms with E-state index in [2.05, 4.69) is 10.6 Å². The third-order valence-corrected chi connectivity index (χ3v) is 3.86. The van der Waals surface area contributed by atoms with Crippen molar-refractivity contribution in [2.75, 3.05) is 11.9 Å². The average Bonchev–Trinajstić information content (AvgIpc) is 2.91. The molecule has 0 bridgehead atoms. The summed E-state index contributed by atoms with van der Waals surface area (Å²) in [6.07, 6.45) is 6.72. The topological polar surface area (TPSA) is 50.4 Å². The minimum Gasteiger partial charge on any atom is -0.493 e. The summed E-state index contributed by atoms with van der Waals surface area (Å²) in [5.41, 5.74) is 2.03. The van der Waals surface area contributed by atoms with Gasteiger partial charge in [0.25, 0.3) is 0 Å². The number of benzene rings is 1. The van der Waals surface area contributed by atoms with Gasteiger partial charge in [0.1, 0.15) is 5.75 Å². The van der Waals surface area contributed by atoms with Gasteiger partial charge in [0, 0.05) is 11.7 Å². The first-order valence-corrected chi connectivity index (χ1v) is 7.14. The number of carbonyl (C=O) groups is 1. The second-order valence-electron chi connectivity index (χ2n) is 5.35. The van der Waals surface area contributed by atoms with Crippen LogP contribution in [0.1, 0.15) is 37.7 Å². The van der Waals surface area contributed by atoms with Gasteiger partial charge >= 0.3 is 6.03 Å². The Morgan fingerprint density at radius 1 is 1.21 bits per heavy atom. The van der Waals surface area contributed by atoms with Crippen molar-refractivity contribution in [2.24, 2.45) is 0 Å². The summed E-state index contributed by atoms with van der Waals surface area (Å²) in [6, 6.07) is 6.12. The Bertz CT molecular complexity index is 467. The summed E-state index contributed by atoms with van der Waals surface area (Å²) in [4.78, 5) is 11.9. The number of carbonyl (C=O) groups excluding carboxylic acids is 1. The maximum atomic E-state index is 11.9. The molecule has 1 aliphatic heterocycles. The second-order valence-corrected chi connectivity index (χ2v) is 5.35. The smallest absolute Gasteiger partial charge is 0.319 e. The van der Waals surface area contributed by atoms with E-state index in [1.165, 1.54) is 18.4 Å². The van der Waals surface area contributed by atoms with Crippen LogP contribution in [0.2, 0.25) is 0 Å². The third kappa shape index (κ3) is 3.00. The molecule has 0 atom stereocenters. The molecule has 0 unspecified atom stereocenters. The normalized spacial score (nSPS) is 18.5. The van der Waals surface area contributed by atoms with Gasteiger partial charge in [-0.05, 0) is 49.4 Å². The Labute approximate surface area is 113 Å². The van der Waals surface area contributed by atoms with Crippen LogP contribution in [-0.2, 0) is 6.42 Å². The molecule has 1 aromatic carbocycles. The van der Waals surface area contributed by atoms with Crippen LogP contribution in [0.5, 0.6) is 5.75 Å². The van der Waals surface area contributed by atoms with Crippen molar-refractivity contribution >= 4 is 11.7 Å². The number of fused-ring (bicyclic) bond motifs is 1. The maximum absolute atomic E-state index is 11.9. The summed E-state index contributed by atoms with van der Waals surface area (Å²) in [5.74, 6) is 0.952. The van der Waals surface area contributed by atoms with E-state index in [4.69, 9.17) is 4.74 Å². The van der Waals surface area contributed by atoms with Gasteiger partial charge in [0.15, 0.2) is 0 Å². The minimum atomic E-state index is -0.0939. The van der Waals surface area contributed by atoms with Crippen LogP contribution in [0.25, 0.3) is 0 Å². The highest BCUT2D eigenvalue weighted by atomic mass is 16.5. The van der Waals surface area contributed by atoms with Gasteiger partial charge in [0.05, 0.1) is 6.61 Å². The van der Waals surface area contributed by atoms with Crippen LogP contribution in [0.4, 0.5) is 10.5 Å². The first-order valence-electron chi connectivity index (χ1n) is 7.14. The number of urea groups is 1. The fourth-order valence-electron chi connectivity index (χ4n) is 2.86. The molecular formula is C15H20N2O2. The SMILES string of the molecule is O=C(Nc1ccc2c(c1)CCCO2)NC1CCCC1. The van der Waals surface area contributed by atoms with Crippen LogP contribution in [0, 0.1) is 0 Å². The molecule has 0 saturated heterocycles. The third-order valence-electron chi connectivity index (χ3n) is 3.86. The fourth-order valence-corrected chi connectivity index (χ4v) is 2.86. The van der Waals surface area contributed by atoms with Gasteiger partial charge in [-0.2, -0.15) is 0 Å². The molecule has 102 valence electrons. The number of amides is 2. The Kier molecular flexibility index (Phi) is 3.58. The molecule has 4 nitrogen and oxygen atoms in total. The number of rotatable bonds is 2.